The van der Waals surface area contributed by atoms with E-state index in [-0.39, 0.29) is 12.5 Å². The van der Waals surface area contributed by atoms with Gasteiger partial charge in [-0.1, -0.05) is 0 Å². The highest BCUT2D eigenvalue weighted by molar-refractivity contribution is 5.93. The van der Waals surface area contributed by atoms with Crippen LogP contribution in [-0.4, -0.2) is 38.6 Å². The van der Waals surface area contributed by atoms with E-state index in [1.165, 1.54) is 0 Å². The number of methoxy groups -OCH3 is 2. The summed E-state index contributed by atoms with van der Waals surface area (Å²) in [5.41, 5.74) is 0.611. The van der Waals surface area contributed by atoms with Crippen molar-refractivity contribution in [2.75, 3.05) is 33.1 Å². The van der Waals surface area contributed by atoms with Gasteiger partial charge in [-0.05, 0) is 31.3 Å². The van der Waals surface area contributed by atoms with Gasteiger partial charge >= 0.3 is 0 Å². The molecule has 0 aliphatic rings. The number of anilines is 1. The first-order chi connectivity index (χ1) is 10.6. The Kier molecular flexibility index (Phi) is 5.43. The quantitative estimate of drug-likeness (QED) is 0.851. The van der Waals surface area contributed by atoms with Crippen molar-refractivity contribution in [1.29, 1.82) is 0 Å². The summed E-state index contributed by atoms with van der Waals surface area (Å²) in [4.78, 5) is 14.0. The molecule has 0 spiro atoms. The Labute approximate surface area is 129 Å². The summed E-state index contributed by atoms with van der Waals surface area (Å²) in [5, 5.41) is 2.83. The van der Waals surface area contributed by atoms with Crippen LogP contribution in [-0.2, 0) is 11.3 Å². The Bertz CT molecular complexity index is 611. The Balaban J connectivity index is 1.94. The minimum absolute atomic E-state index is 0.127. The topological polar surface area (TPSA) is 63.9 Å². The lowest BCUT2D eigenvalue weighted by Crippen LogP contribution is -2.29. The summed E-state index contributed by atoms with van der Waals surface area (Å²) in [5.74, 6) is 1.92. The number of likely N-dealkylation sites (N-methyl/N-ethyl adjacent to an activating group) is 1. The SMILES string of the molecule is COc1ccc(NC(=O)CN(C)Cc2ccco2)c(OC)c1. The second-order valence-corrected chi connectivity index (χ2v) is 4.87. The van der Waals surface area contributed by atoms with Crippen LogP contribution in [0.25, 0.3) is 0 Å². The van der Waals surface area contributed by atoms with Crippen molar-refractivity contribution >= 4 is 11.6 Å². The Hall–Kier alpha value is -2.47. The average molecular weight is 304 g/mol. The van der Waals surface area contributed by atoms with E-state index < -0.39 is 0 Å². The van der Waals surface area contributed by atoms with Crippen molar-refractivity contribution in [2.24, 2.45) is 0 Å². The Morgan fingerprint density at radius 3 is 2.73 bits per heavy atom. The lowest BCUT2D eigenvalue weighted by atomic mass is 10.2. The third-order valence-corrected chi connectivity index (χ3v) is 3.10. The molecular formula is C16H20N2O4. The van der Waals surface area contributed by atoms with Gasteiger partial charge in [-0.2, -0.15) is 0 Å². The predicted octanol–water partition coefficient (Wildman–Crippen LogP) is 2.37. The predicted molar refractivity (Wildman–Crippen MR) is 83.2 cm³/mol. The molecule has 0 aliphatic heterocycles. The van der Waals surface area contributed by atoms with E-state index in [1.54, 1.807) is 38.7 Å². The van der Waals surface area contributed by atoms with Gasteiger partial charge in [0, 0.05) is 6.07 Å². The van der Waals surface area contributed by atoms with Crippen LogP contribution in [0.1, 0.15) is 5.76 Å². The highest BCUT2D eigenvalue weighted by Gasteiger charge is 2.12. The van der Waals surface area contributed by atoms with Gasteiger partial charge in [0.05, 0.1) is 39.3 Å². The number of carbonyl (C=O) groups excluding carboxylic acids is 1. The summed E-state index contributed by atoms with van der Waals surface area (Å²) in [6.45, 7) is 0.816. The molecule has 1 aromatic heterocycles. The van der Waals surface area contributed by atoms with Crippen molar-refractivity contribution < 1.29 is 18.7 Å². The van der Waals surface area contributed by atoms with E-state index in [4.69, 9.17) is 13.9 Å². The molecule has 1 amide bonds. The summed E-state index contributed by atoms with van der Waals surface area (Å²) < 4.78 is 15.6. The molecule has 1 aromatic carbocycles. The maximum atomic E-state index is 12.1. The molecule has 0 aliphatic carbocycles. The van der Waals surface area contributed by atoms with E-state index in [0.717, 1.165) is 5.76 Å². The van der Waals surface area contributed by atoms with Crippen LogP contribution in [0.5, 0.6) is 11.5 Å². The second kappa shape index (κ2) is 7.51. The van der Waals surface area contributed by atoms with Crippen molar-refractivity contribution in [3.05, 3.63) is 42.4 Å². The molecule has 0 unspecified atom stereocenters. The molecule has 0 fully saturated rings. The van der Waals surface area contributed by atoms with Crippen LogP contribution < -0.4 is 14.8 Å². The van der Waals surface area contributed by atoms with E-state index in [0.29, 0.717) is 23.7 Å². The van der Waals surface area contributed by atoms with Gasteiger partial charge < -0.3 is 19.2 Å². The maximum absolute atomic E-state index is 12.1. The number of benzene rings is 1. The first-order valence-electron chi connectivity index (χ1n) is 6.85. The van der Waals surface area contributed by atoms with Crippen LogP contribution in [0.3, 0.4) is 0 Å². The van der Waals surface area contributed by atoms with E-state index >= 15 is 0 Å². The number of nitrogens with one attached hydrogen (secondary N) is 1. The van der Waals surface area contributed by atoms with E-state index in [2.05, 4.69) is 5.32 Å². The lowest BCUT2D eigenvalue weighted by molar-refractivity contribution is -0.117. The third-order valence-electron chi connectivity index (χ3n) is 3.10. The minimum atomic E-state index is -0.127. The zero-order valence-electron chi connectivity index (χ0n) is 13.0. The van der Waals surface area contributed by atoms with Crippen LogP contribution in [0, 0.1) is 0 Å². The highest BCUT2D eigenvalue weighted by atomic mass is 16.5. The van der Waals surface area contributed by atoms with Gasteiger partial charge in [0.1, 0.15) is 17.3 Å². The second-order valence-electron chi connectivity index (χ2n) is 4.87. The standard InChI is InChI=1S/C16H20N2O4/c1-18(10-13-5-4-8-22-13)11-16(19)17-14-7-6-12(20-2)9-15(14)21-3/h4-9H,10-11H2,1-3H3,(H,17,19). The molecule has 0 atom stereocenters. The van der Waals surface area contributed by atoms with Gasteiger partial charge in [0.25, 0.3) is 0 Å². The van der Waals surface area contributed by atoms with Crippen molar-refractivity contribution in [1.82, 2.24) is 4.90 Å². The number of hydrogen-bond donors (Lipinski definition) is 1. The normalized spacial score (nSPS) is 10.5. The summed E-state index contributed by atoms with van der Waals surface area (Å²) in [6.07, 6.45) is 1.62. The van der Waals surface area contributed by atoms with Gasteiger partial charge in [0.15, 0.2) is 0 Å². The smallest absolute Gasteiger partial charge is 0.238 e. The molecule has 0 bridgehead atoms. The fourth-order valence-electron chi connectivity index (χ4n) is 2.06. The monoisotopic (exact) mass is 304 g/mol. The molecule has 0 saturated heterocycles. The highest BCUT2D eigenvalue weighted by Crippen LogP contribution is 2.28. The molecule has 2 rings (SSSR count). The fraction of sp³-hybridized carbons (Fsp3) is 0.312. The first kappa shape index (κ1) is 15.9. The number of rotatable bonds is 7. The lowest BCUT2D eigenvalue weighted by Gasteiger charge is -2.16. The van der Waals surface area contributed by atoms with Gasteiger partial charge in [0.2, 0.25) is 5.91 Å². The number of furan rings is 1. The largest absolute Gasteiger partial charge is 0.497 e. The number of carbonyl (C=O) groups is 1. The Morgan fingerprint density at radius 2 is 2.09 bits per heavy atom. The fourth-order valence-corrected chi connectivity index (χ4v) is 2.06. The molecule has 0 saturated carbocycles. The molecule has 6 nitrogen and oxygen atoms in total. The molecular weight excluding hydrogens is 284 g/mol. The van der Waals surface area contributed by atoms with Crippen molar-refractivity contribution in [3.8, 4) is 11.5 Å². The van der Waals surface area contributed by atoms with Crippen LogP contribution in [0.2, 0.25) is 0 Å². The number of nitrogens with zero attached hydrogens (tertiary/aromatic N) is 1. The zero-order valence-corrected chi connectivity index (χ0v) is 13.0. The summed E-state index contributed by atoms with van der Waals surface area (Å²) in [6, 6.07) is 8.95. The minimum Gasteiger partial charge on any atom is -0.497 e. The average Bonchev–Trinajstić information content (AvgIpc) is 3.00. The van der Waals surface area contributed by atoms with E-state index in [1.807, 2.05) is 24.1 Å². The van der Waals surface area contributed by atoms with Crippen LogP contribution >= 0.6 is 0 Å². The maximum Gasteiger partial charge on any atom is 0.238 e. The molecule has 0 radical (unpaired) electrons. The molecule has 2 aromatic rings. The third kappa shape index (κ3) is 4.26. The van der Waals surface area contributed by atoms with Gasteiger partial charge in [-0.15, -0.1) is 0 Å². The number of ether oxygens (including phenoxy) is 2. The van der Waals surface area contributed by atoms with Crippen molar-refractivity contribution in [3.63, 3.8) is 0 Å². The molecule has 1 heterocycles. The zero-order chi connectivity index (χ0) is 15.9. The Morgan fingerprint density at radius 1 is 1.27 bits per heavy atom. The van der Waals surface area contributed by atoms with Crippen molar-refractivity contribution in [2.45, 2.75) is 6.54 Å². The van der Waals surface area contributed by atoms with Crippen LogP contribution in [0.15, 0.2) is 41.0 Å². The summed E-state index contributed by atoms with van der Waals surface area (Å²) >= 11 is 0. The molecule has 1 N–H and O–H groups in total. The first-order valence-corrected chi connectivity index (χ1v) is 6.85. The van der Waals surface area contributed by atoms with Gasteiger partial charge in [-0.3, -0.25) is 9.69 Å². The molecule has 22 heavy (non-hydrogen) atoms. The summed E-state index contributed by atoms with van der Waals surface area (Å²) in [7, 11) is 4.98. The molecule has 6 heteroatoms. The number of hydrogen-bond acceptors (Lipinski definition) is 5. The number of amides is 1. The van der Waals surface area contributed by atoms with Crippen LogP contribution in [0.4, 0.5) is 5.69 Å². The van der Waals surface area contributed by atoms with Gasteiger partial charge in [-0.25, -0.2) is 0 Å². The van der Waals surface area contributed by atoms with E-state index in [9.17, 15) is 4.79 Å². The molecule has 118 valence electrons.